The molecule has 0 radical (unpaired) electrons. The Balaban J connectivity index is 1.69. The van der Waals surface area contributed by atoms with Crippen molar-refractivity contribution in [2.45, 2.75) is 13.3 Å². The molecular formula is C19H17N3O2S. The monoisotopic (exact) mass is 351 g/mol. The first kappa shape index (κ1) is 16.9. The largest absolute Gasteiger partial charge is 0.326 e. The number of nitrogens with one attached hydrogen (secondary N) is 2. The van der Waals surface area contributed by atoms with E-state index < -0.39 is 0 Å². The lowest BCUT2D eigenvalue weighted by Crippen LogP contribution is -2.13. The average Bonchev–Trinajstić information content (AvgIpc) is 3.17. The first-order valence-corrected chi connectivity index (χ1v) is 8.75. The van der Waals surface area contributed by atoms with Gasteiger partial charge in [0.15, 0.2) is 0 Å². The Hall–Kier alpha value is -2.99. The molecule has 0 bridgehead atoms. The molecule has 25 heavy (non-hydrogen) atoms. The van der Waals surface area contributed by atoms with Gasteiger partial charge in [-0.25, -0.2) is 4.98 Å². The number of thiazole rings is 1. The quantitative estimate of drug-likeness (QED) is 0.715. The Morgan fingerprint density at radius 2 is 1.84 bits per heavy atom. The number of nitrogens with zero attached hydrogens (tertiary/aromatic N) is 1. The number of carbonyl (C=O) groups is 2. The van der Waals surface area contributed by atoms with Gasteiger partial charge in [-0.1, -0.05) is 13.0 Å². The SMILES string of the molecule is CCC(=O)Nc1cccc(C(=O)Nc2ccc(-c3nccs3)cc2)c1. The number of anilines is 2. The van der Waals surface area contributed by atoms with Gasteiger partial charge in [0.1, 0.15) is 5.01 Å². The zero-order valence-corrected chi connectivity index (χ0v) is 14.5. The fourth-order valence-electron chi connectivity index (χ4n) is 2.25. The normalized spacial score (nSPS) is 10.3. The summed E-state index contributed by atoms with van der Waals surface area (Å²) in [6, 6.07) is 14.4. The number of hydrogen-bond acceptors (Lipinski definition) is 4. The lowest BCUT2D eigenvalue weighted by molar-refractivity contribution is -0.115. The maximum atomic E-state index is 12.4. The summed E-state index contributed by atoms with van der Waals surface area (Å²) >= 11 is 1.57. The van der Waals surface area contributed by atoms with Gasteiger partial charge in [0.2, 0.25) is 5.91 Å². The van der Waals surface area contributed by atoms with Crippen LogP contribution in [0.4, 0.5) is 11.4 Å². The molecular weight excluding hydrogens is 334 g/mol. The molecule has 0 saturated carbocycles. The molecule has 0 aliphatic heterocycles. The minimum atomic E-state index is -0.227. The van der Waals surface area contributed by atoms with Crippen LogP contribution in [0, 0.1) is 0 Å². The number of hydrogen-bond donors (Lipinski definition) is 2. The van der Waals surface area contributed by atoms with Gasteiger partial charge in [-0.2, -0.15) is 0 Å². The third kappa shape index (κ3) is 4.30. The van der Waals surface area contributed by atoms with Gasteiger partial charge in [0.25, 0.3) is 5.91 Å². The van der Waals surface area contributed by atoms with E-state index >= 15 is 0 Å². The number of aromatic nitrogens is 1. The summed E-state index contributed by atoms with van der Waals surface area (Å²) < 4.78 is 0. The summed E-state index contributed by atoms with van der Waals surface area (Å²) in [6.45, 7) is 1.78. The van der Waals surface area contributed by atoms with Crippen LogP contribution in [0.3, 0.4) is 0 Å². The molecule has 126 valence electrons. The molecule has 3 aromatic rings. The molecule has 1 aromatic heterocycles. The van der Waals surface area contributed by atoms with Crippen molar-refractivity contribution in [3.05, 3.63) is 65.7 Å². The highest BCUT2D eigenvalue weighted by atomic mass is 32.1. The number of carbonyl (C=O) groups excluding carboxylic acids is 2. The fourth-order valence-corrected chi connectivity index (χ4v) is 2.90. The van der Waals surface area contributed by atoms with Crippen LogP contribution in [0.2, 0.25) is 0 Å². The lowest BCUT2D eigenvalue weighted by atomic mass is 10.1. The van der Waals surface area contributed by atoms with Crippen LogP contribution < -0.4 is 10.6 Å². The fraction of sp³-hybridized carbons (Fsp3) is 0.105. The average molecular weight is 351 g/mol. The molecule has 0 atom stereocenters. The second-order valence-corrected chi connectivity index (χ2v) is 6.25. The van der Waals surface area contributed by atoms with Gasteiger partial charge >= 0.3 is 0 Å². The van der Waals surface area contributed by atoms with Crippen LogP contribution in [0.5, 0.6) is 0 Å². The van der Waals surface area contributed by atoms with Crippen molar-refractivity contribution in [2.24, 2.45) is 0 Å². The van der Waals surface area contributed by atoms with E-state index in [0.29, 0.717) is 23.4 Å². The third-order valence-corrected chi connectivity index (χ3v) is 4.37. The van der Waals surface area contributed by atoms with Gasteiger partial charge in [0.05, 0.1) is 0 Å². The Labute approximate surface area is 149 Å². The molecule has 2 N–H and O–H groups in total. The van der Waals surface area contributed by atoms with Crippen LogP contribution in [0.15, 0.2) is 60.1 Å². The molecule has 0 aliphatic rings. The molecule has 0 aliphatic carbocycles. The molecule has 0 saturated heterocycles. The van der Waals surface area contributed by atoms with E-state index in [1.807, 2.05) is 29.6 Å². The zero-order valence-electron chi connectivity index (χ0n) is 13.7. The molecule has 0 spiro atoms. The number of amides is 2. The van der Waals surface area contributed by atoms with E-state index in [1.54, 1.807) is 48.7 Å². The predicted octanol–water partition coefficient (Wildman–Crippen LogP) is 4.41. The summed E-state index contributed by atoms with van der Waals surface area (Å²) in [6.07, 6.45) is 2.15. The first-order valence-electron chi connectivity index (χ1n) is 7.87. The van der Waals surface area contributed by atoms with Crippen molar-refractivity contribution >= 4 is 34.5 Å². The number of benzene rings is 2. The molecule has 0 unspecified atom stereocenters. The smallest absolute Gasteiger partial charge is 0.255 e. The highest BCUT2D eigenvalue weighted by Gasteiger charge is 2.08. The van der Waals surface area contributed by atoms with Crippen LogP contribution in [-0.2, 0) is 4.79 Å². The maximum absolute atomic E-state index is 12.4. The molecule has 2 aromatic carbocycles. The molecule has 2 amide bonds. The molecule has 1 heterocycles. The summed E-state index contributed by atoms with van der Waals surface area (Å²) in [5.74, 6) is -0.315. The lowest BCUT2D eigenvalue weighted by Gasteiger charge is -2.08. The van der Waals surface area contributed by atoms with Crippen LogP contribution in [0.1, 0.15) is 23.7 Å². The van der Waals surface area contributed by atoms with Crippen molar-refractivity contribution in [3.8, 4) is 10.6 Å². The predicted molar refractivity (Wildman–Crippen MR) is 101 cm³/mol. The summed E-state index contributed by atoms with van der Waals surface area (Å²) in [7, 11) is 0. The van der Waals surface area contributed by atoms with E-state index in [4.69, 9.17) is 0 Å². The second-order valence-electron chi connectivity index (χ2n) is 5.35. The standard InChI is InChI=1S/C19H17N3O2S/c1-2-17(23)21-16-5-3-4-14(12-16)18(24)22-15-8-6-13(7-9-15)19-20-10-11-25-19/h3-12H,2H2,1H3,(H,21,23)(H,22,24). The number of rotatable bonds is 5. The Bertz CT molecular complexity index is 874. The van der Waals surface area contributed by atoms with Crippen LogP contribution >= 0.6 is 11.3 Å². The van der Waals surface area contributed by atoms with Crippen molar-refractivity contribution in [3.63, 3.8) is 0 Å². The van der Waals surface area contributed by atoms with Crippen molar-refractivity contribution in [1.29, 1.82) is 0 Å². The van der Waals surface area contributed by atoms with E-state index in [2.05, 4.69) is 15.6 Å². The van der Waals surface area contributed by atoms with Crippen molar-refractivity contribution in [1.82, 2.24) is 4.98 Å². The van der Waals surface area contributed by atoms with Crippen LogP contribution in [0.25, 0.3) is 10.6 Å². The summed E-state index contributed by atoms with van der Waals surface area (Å²) in [5, 5.41) is 8.47. The Morgan fingerprint density at radius 3 is 2.52 bits per heavy atom. The molecule has 0 fully saturated rings. The minimum absolute atomic E-state index is 0.0877. The topological polar surface area (TPSA) is 71.1 Å². The zero-order chi connectivity index (χ0) is 17.6. The van der Waals surface area contributed by atoms with Crippen LogP contribution in [-0.4, -0.2) is 16.8 Å². The first-order chi connectivity index (χ1) is 12.2. The minimum Gasteiger partial charge on any atom is -0.326 e. The summed E-state index contributed by atoms with van der Waals surface area (Å²) in [5.41, 5.74) is 2.81. The van der Waals surface area contributed by atoms with E-state index in [0.717, 1.165) is 10.6 Å². The molecule has 6 heteroatoms. The molecule has 5 nitrogen and oxygen atoms in total. The maximum Gasteiger partial charge on any atom is 0.255 e. The van der Waals surface area contributed by atoms with Crippen molar-refractivity contribution < 1.29 is 9.59 Å². The van der Waals surface area contributed by atoms with Crippen molar-refractivity contribution in [2.75, 3.05) is 10.6 Å². The van der Waals surface area contributed by atoms with Gasteiger partial charge in [-0.15, -0.1) is 11.3 Å². The van der Waals surface area contributed by atoms with Gasteiger partial charge < -0.3 is 10.6 Å². The second kappa shape index (κ2) is 7.72. The Kier molecular flexibility index (Phi) is 5.20. The van der Waals surface area contributed by atoms with Gasteiger partial charge in [-0.3, -0.25) is 9.59 Å². The van der Waals surface area contributed by atoms with Gasteiger partial charge in [-0.05, 0) is 42.5 Å². The van der Waals surface area contributed by atoms with Gasteiger partial charge in [0, 0.05) is 40.5 Å². The van der Waals surface area contributed by atoms with E-state index in [1.165, 1.54) is 0 Å². The molecule has 3 rings (SSSR count). The third-order valence-electron chi connectivity index (χ3n) is 3.55. The Morgan fingerprint density at radius 1 is 1.04 bits per heavy atom. The van der Waals surface area contributed by atoms with E-state index in [-0.39, 0.29) is 11.8 Å². The highest BCUT2D eigenvalue weighted by molar-refractivity contribution is 7.13. The van der Waals surface area contributed by atoms with E-state index in [9.17, 15) is 9.59 Å². The highest BCUT2D eigenvalue weighted by Crippen LogP contribution is 2.23. The summed E-state index contributed by atoms with van der Waals surface area (Å²) in [4.78, 5) is 28.1.